The first-order chi connectivity index (χ1) is 16.7. The average Bonchev–Trinajstić information content (AvgIpc) is 3.45. The fourth-order valence-electron chi connectivity index (χ4n) is 3.85. The van der Waals surface area contributed by atoms with Gasteiger partial charge in [-0.3, -0.25) is 9.78 Å². The molecule has 5 rings (SSSR count). The Balaban J connectivity index is 1.68. The van der Waals surface area contributed by atoms with E-state index in [1.54, 1.807) is 30.3 Å². The van der Waals surface area contributed by atoms with E-state index in [0.717, 1.165) is 4.57 Å². The van der Waals surface area contributed by atoms with Crippen LogP contribution in [0.5, 0.6) is 0 Å². The van der Waals surface area contributed by atoms with Crippen molar-refractivity contribution in [1.29, 1.82) is 0 Å². The molecule has 0 atom stereocenters. The molecule has 0 fully saturated rings. The van der Waals surface area contributed by atoms with Crippen molar-refractivity contribution < 1.29 is 22.5 Å². The minimum absolute atomic E-state index is 0.0355. The third kappa shape index (κ3) is 4.28. The molecule has 176 valence electrons. The fourth-order valence-corrected chi connectivity index (χ4v) is 4.31. The highest BCUT2D eigenvalue weighted by Crippen LogP contribution is 2.40. The van der Waals surface area contributed by atoms with Gasteiger partial charge in [-0.2, -0.15) is 18.2 Å². The Morgan fingerprint density at radius 2 is 1.86 bits per heavy atom. The van der Waals surface area contributed by atoms with Gasteiger partial charge in [0.15, 0.2) is 0 Å². The molecule has 35 heavy (non-hydrogen) atoms. The molecule has 11 heteroatoms. The van der Waals surface area contributed by atoms with E-state index >= 15 is 0 Å². The first-order valence-electron chi connectivity index (χ1n) is 10.1. The summed E-state index contributed by atoms with van der Waals surface area (Å²) in [5.41, 5.74) is -0.681. The average molecular weight is 517 g/mol. The predicted molar refractivity (Wildman–Crippen MR) is 123 cm³/mol. The number of nitrogens with zero attached hydrogens (tertiary/aromatic N) is 4. The second-order valence-electron chi connectivity index (χ2n) is 7.55. The van der Waals surface area contributed by atoms with Gasteiger partial charge < -0.3 is 9.09 Å². The molecule has 5 aromatic rings. The number of aromatic nitrogens is 4. The van der Waals surface area contributed by atoms with Gasteiger partial charge in [-0.05, 0) is 35.9 Å². The number of ketones is 1. The molecular formula is C24H13Cl2F3N4O2. The second kappa shape index (κ2) is 8.83. The number of carbonyl (C=O) groups is 1. The first kappa shape index (κ1) is 23.1. The lowest BCUT2D eigenvalue weighted by Gasteiger charge is -2.15. The van der Waals surface area contributed by atoms with Gasteiger partial charge >= 0.3 is 6.18 Å². The van der Waals surface area contributed by atoms with Crippen LogP contribution in [-0.2, 0) is 12.7 Å². The zero-order valence-corrected chi connectivity index (χ0v) is 19.1. The molecule has 0 saturated heterocycles. The van der Waals surface area contributed by atoms with Crippen LogP contribution in [0.2, 0.25) is 10.0 Å². The Bertz CT molecular complexity index is 1560. The van der Waals surface area contributed by atoms with Crippen molar-refractivity contribution in [3.63, 3.8) is 0 Å². The maximum Gasteiger partial charge on any atom is 0.432 e. The molecule has 0 bridgehead atoms. The topological polar surface area (TPSA) is 73.8 Å². The summed E-state index contributed by atoms with van der Waals surface area (Å²) in [5, 5.41) is 4.30. The molecular weight excluding hydrogens is 504 g/mol. The molecule has 0 amide bonds. The second-order valence-corrected chi connectivity index (χ2v) is 8.40. The number of carbonyl (C=O) groups excluding carboxylic acids is 1. The first-order valence-corrected chi connectivity index (χ1v) is 10.9. The predicted octanol–water partition coefficient (Wildman–Crippen LogP) is 6.69. The van der Waals surface area contributed by atoms with Crippen LogP contribution < -0.4 is 0 Å². The van der Waals surface area contributed by atoms with E-state index < -0.39 is 29.0 Å². The van der Waals surface area contributed by atoms with Crippen LogP contribution in [0, 0.1) is 0 Å². The minimum Gasteiger partial charge on any atom is -0.333 e. The summed E-state index contributed by atoms with van der Waals surface area (Å²) >= 11 is 12.2. The van der Waals surface area contributed by atoms with E-state index in [1.807, 2.05) is 0 Å². The lowest BCUT2D eigenvalue weighted by Crippen LogP contribution is -2.19. The smallest absolute Gasteiger partial charge is 0.333 e. The number of fused-ring (bicyclic) bond motifs is 1. The normalized spacial score (nSPS) is 11.8. The zero-order valence-electron chi connectivity index (χ0n) is 17.6. The molecule has 0 N–H and O–H groups in total. The molecule has 6 nitrogen and oxygen atoms in total. The van der Waals surface area contributed by atoms with E-state index in [0.29, 0.717) is 16.1 Å². The van der Waals surface area contributed by atoms with Gasteiger partial charge in [0.2, 0.25) is 11.6 Å². The number of rotatable bonds is 5. The van der Waals surface area contributed by atoms with Gasteiger partial charge in [0, 0.05) is 39.9 Å². The highest BCUT2D eigenvalue weighted by atomic mass is 35.5. The molecule has 0 radical (unpaired) electrons. The van der Waals surface area contributed by atoms with Crippen LogP contribution in [0.1, 0.15) is 27.4 Å². The quantitative estimate of drug-likeness (QED) is 0.243. The summed E-state index contributed by atoms with van der Waals surface area (Å²) in [7, 11) is 0. The molecule has 0 aliphatic carbocycles. The van der Waals surface area contributed by atoms with E-state index in [2.05, 4.69) is 15.1 Å². The standard InChI is InChI=1S/C24H13Cl2F3N4O2/c25-15-8-7-14(17(26)10-15)12-33-18-6-2-1-5-16(18)19(21(33)24(27,28)29)20(34)22-31-23(35-32-22)13-4-3-9-30-11-13/h1-11H,12H2. The van der Waals surface area contributed by atoms with E-state index in [4.69, 9.17) is 27.7 Å². The molecule has 2 aromatic carbocycles. The van der Waals surface area contributed by atoms with Crippen LogP contribution in [-0.4, -0.2) is 25.5 Å². The summed E-state index contributed by atoms with van der Waals surface area (Å²) in [4.78, 5) is 21.3. The molecule has 0 unspecified atom stereocenters. The number of pyridine rings is 1. The molecule has 0 spiro atoms. The van der Waals surface area contributed by atoms with Gasteiger partial charge in [0.25, 0.3) is 5.89 Å². The molecule has 3 heterocycles. The van der Waals surface area contributed by atoms with Gasteiger partial charge in [0.1, 0.15) is 5.69 Å². The van der Waals surface area contributed by atoms with Crippen LogP contribution >= 0.6 is 23.2 Å². The van der Waals surface area contributed by atoms with Crippen molar-refractivity contribution in [2.24, 2.45) is 0 Å². The third-order valence-electron chi connectivity index (χ3n) is 5.35. The van der Waals surface area contributed by atoms with Crippen molar-refractivity contribution in [3.05, 3.63) is 99.7 Å². The molecule has 0 aliphatic rings. The Kier molecular flexibility index (Phi) is 5.82. The summed E-state index contributed by atoms with van der Waals surface area (Å²) in [5.74, 6) is -1.55. The SMILES string of the molecule is O=C(c1noc(-c2cccnc2)n1)c1c(C(F)(F)F)n(Cc2ccc(Cl)cc2Cl)c2ccccc12. The summed E-state index contributed by atoms with van der Waals surface area (Å²) in [6, 6.07) is 13.9. The van der Waals surface area contributed by atoms with Crippen LogP contribution in [0.25, 0.3) is 22.4 Å². The largest absolute Gasteiger partial charge is 0.432 e. The number of benzene rings is 2. The maximum absolute atomic E-state index is 14.5. The van der Waals surface area contributed by atoms with Gasteiger partial charge in [0.05, 0.1) is 11.1 Å². The van der Waals surface area contributed by atoms with Crippen LogP contribution in [0.3, 0.4) is 0 Å². The number of hydrogen-bond donors (Lipinski definition) is 0. The van der Waals surface area contributed by atoms with Gasteiger partial charge in [-0.1, -0.05) is 52.6 Å². The monoisotopic (exact) mass is 516 g/mol. The number of alkyl halides is 3. The van der Waals surface area contributed by atoms with Crippen molar-refractivity contribution in [1.82, 2.24) is 19.7 Å². The minimum atomic E-state index is -4.88. The molecule has 0 aliphatic heterocycles. The van der Waals surface area contributed by atoms with Gasteiger partial charge in [-0.25, -0.2) is 0 Å². The van der Waals surface area contributed by atoms with Crippen LogP contribution in [0.4, 0.5) is 13.2 Å². The van der Waals surface area contributed by atoms with Crippen molar-refractivity contribution in [2.75, 3.05) is 0 Å². The van der Waals surface area contributed by atoms with Crippen molar-refractivity contribution in [2.45, 2.75) is 12.7 Å². The molecule has 3 aromatic heterocycles. The van der Waals surface area contributed by atoms with Gasteiger partial charge in [-0.15, -0.1) is 0 Å². The lowest BCUT2D eigenvalue weighted by molar-refractivity contribution is -0.143. The van der Waals surface area contributed by atoms with E-state index in [9.17, 15) is 18.0 Å². The molecule has 0 saturated carbocycles. The number of para-hydroxylation sites is 1. The van der Waals surface area contributed by atoms with Crippen molar-refractivity contribution >= 4 is 39.9 Å². The zero-order chi connectivity index (χ0) is 24.7. The number of halogens is 5. The van der Waals surface area contributed by atoms with E-state index in [-0.39, 0.29) is 28.4 Å². The summed E-state index contributed by atoms with van der Waals surface area (Å²) < 4.78 is 49.5. The highest BCUT2D eigenvalue weighted by molar-refractivity contribution is 6.35. The van der Waals surface area contributed by atoms with E-state index in [1.165, 1.54) is 36.7 Å². The maximum atomic E-state index is 14.5. The Labute approximate surface area is 205 Å². The summed E-state index contributed by atoms with van der Waals surface area (Å²) in [6.45, 7) is -0.244. The fraction of sp³-hybridized carbons (Fsp3) is 0.0833. The highest BCUT2D eigenvalue weighted by Gasteiger charge is 2.42. The number of hydrogen-bond acceptors (Lipinski definition) is 5. The Morgan fingerprint density at radius 3 is 2.57 bits per heavy atom. The van der Waals surface area contributed by atoms with Crippen molar-refractivity contribution in [3.8, 4) is 11.5 Å². The van der Waals surface area contributed by atoms with Crippen LogP contribution in [0.15, 0.2) is 71.5 Å². The Morgan fingerprint density at radius 1 is 1.06 bits per heavy atom. The third-order valence-corrected chi connectivity index (χ3v) is 5.93. The summed E-state index contributed by atoms with van der Waals surface area (Å²) in [6.07, 6.45) is -1.91. The Hall–Kier alpha value is -3.69. The lowest BCUT2D eigenvalue weighted by atomic mass is 10.1.